The Kier molecular flexibility index (Phi) is 3.97. The molecule has 1 saturated heterocycles. The van der Waals surface area contributed by atoms with Crippen molar-refractivity contribution in [3.05, 3.63) is 32.3 Å². The van der Waals surface area contributed by atoms with Crippen molar-refractivity contribution in [2.24, 2.45) is 0 Å². The maximum absolute atomic E-state index is 10.7. The van der Waals surface area contributed by atoms with Gasteiger partial charge in [0.15, 0.2) is 0 Å². The molecular formula is C12H14Cl2N2O2. The highest BCUT2D eigenvalue weighted by Crippen LogP contribution is 2.39. The lowest BCUT2D eigenvalue weighted by atomic mass is 10.0. The zero-order chi connectivity index (χ0) is 13.3. The number of nitro benzene ring substituents is 1. The molecule has 4 nitrogen and oxygen atoms in total. The second-order valence-corrected chi connectivity index (χ2v) is 5.37. The minimum atomic E-state index is -0.485. The SMILES string of the molecule is C[C@H]1CCCCN1c1c(Cl)cc([N+](=O)[O-])cc1Cl. The van der Waals surface area contributed by atoms with Crippen molar-refractivity contribution in [2.75, 3.05) is 11.4 Å². The maximum Gasteiger partial charge on any atom is 0.272 e. The van der Waals surface area contributed by atoms with Crippen molar-refractivity contribution in [3.8, 4) is 0 Å². The van der Waals surface area contributed by atoms with Crippen LogP contribution in [-0.4, -0.2) is 17.5 Å². The predicted molar refractivity (Wildman–Crippen MR) is 73.8 cm³/mol. The van der Waals surface area contributed by atoms with Crippen LogP contribution in [0.1, 0.15) is 26.2 Å². The van der Waals surface area contributed by atoms with Crippen molar-refractivity contribution in [2.45, 2.75) is 32.2 Å². The van der Waals surface area contributed by atoms with Gasteiger partial charge in [0.1, 0.15) is 0 Å². The molecule has 0 saturated carbocycles. The largest absolute Gasteiger partial charge is 0.366 e. The van der Waals surface area contributed by atoms with E-state index < -0.39 is 4.92 Å². The van der Waals surface area contributed by atoms with Gasteiger partial charge >= 0.3 is 0 Å². The van der Waals surface area contributed by atoms with Gasteiger partial charge in [-0.2, -0.15) is 0 Å². The van der Waals surface area contributed by atoms with Crippen LogP contribution in [0.25, 0.3) is 0 Å². The molecule has 1 heterocycles. The minimum Gasteiger partial charge on any atom is -0.366 e. The Labute approximate surface area is 116 Å². The Bertz CT molecular complexity index is 456. The van der Waals surface area contributed by atoms with E-state index in [9.17, 15) is 10.1 Å². The zero-order valence-corrected chi connectivity index (χ0v) is 11.5. The average Bonchev–Trinajstić information content (AvgIpc) is 2.30. The molecule has 1 aromatic carbocycles. The lowest BCUT2D eigenvalue weighted by Crippen LogP contribution is -2.37. The Morgan fingerprint density at radius 2 is 1.94 bits per heavy atom. The van der Waals surface area contributed by atoms with E-state index >= 15 is 0 Å². The summed E-state index contributed by atoms with van der Waals surface area (Å²) in [5.41, 5.74) is 0.648. The highest BCUT2D eigenvalue weighted by atomic mass is 35.5. The van der Waals surface area contributed by atoms with Gasteiger partial charge in [0.25, 0.3) is 5.69 Å². The van der Waals surface area contributed by atoms with Gasteiger partial charge in [-0.15, -0.1) is 0 Å². The van der Waals surface area contributed by atoms with Gasteiger partial charge in [-0.3, -0.25) is 10.1 Å². The number of hydrogen-bond donors (Lipinski definition) is 0. The van der Waals surface area contributed by atoms with E-state index in [1.165, 1.54) is 18.6 Å². The highest BCUT2D eigenvalue weighted by molar-refractivity contribution is 6.39. The Balaban J connectivity index is 2.41. The van der Waals surface area contributed by atoms with E-state index in [0.29, 0.717) is 16.1 Å². The molecule has 0 unspecified atom stereocenters. The number of benzene rings is 1. The molecular weight excluding hydrogens is 275 g/mol. The van der Waals surface area contributed by atoms with Gasteiger partial charge in [-0.1, -0.05) is 23.2 Å². The summed E-state index contributed by atoms with van der Waals surface area (Å²) in [6.45, 7) is 3.01. The Hall–Kier alpha value is -1.00. The topological polar surface area (TPSA) is 46.4 Å². The average molecular weight is 289 g/mol. The van der Waals surface area contributed by atoms with Gasteiger partial charge in [-0.05, 0) is 26.2 Å². The van der Waals surface area contributed by atoms with Crippen LogP contribution in [0.15, 0.2) is 12.1 Å². The minimum absolute atomic E-state index is 0.0709. The van der Waals surface area contributed by atoms with Gasteiger partial charge in [0.2, 0.25) is 0 Å². The van der Waals surface area contributed by atoms with Gasteiger partial charge < -0.3 is 4.90 Å². The molecule has 0 radical (unpaired) electrons. The molecule has 1 aliphatic rings. The molecule has 1 aliphatic heterocycles. The van der Waals surface area contributed by atoms with Crippen LogP contribution >= 0.6 is 23.2 Å². The molecule has 0 amide bonds. The summed E-state index contributed by atoms with van der Waals surface area (Å²) in [6, 6.07) is 3.09. The quantitative estimate of drug-likeness (QED) is 0.603. The Morgan fingerprint density at radius 3 is 2.44 bits per heavy atom. The van der Waals surface area contributed by atoms with Crippen LogP contribution in [0.4, 0.5) is 11.4 Å². The third-order valence-corrected chi connectivity index (χ3v) is 3.88. The first-order valence-corrected chi connectivity index (χ1v) is 6.66. The van der Waals surface area contributed by atoms with Crippen molar-refractivity contribution in [1.82, 2.24) is 0 Å². The fourth-order valence-corrected chi connectivity index (χ4v) is 3.05. The molecule has 2 rings (SSSR count). The second-order valence-electron chi connectivity index (χ2n) is 4.55. The van der Waals surface area contributed by atoms with Crippen LogP contribution in [0.5, 0.6) is 0 Å². The van der Waals surface area contributed by atoms with Crippen LogP contribution in [0.3, 0.4) is 0 Å². The smallest absolute Gasteiger partial charge is 0.272 e. The van der Waals surface area contributed by atoms with Crippen molar-refractivity contribution in [1.29, 1.82) is 0 Å². The Morgan fingerprint density at radius 1 is 1.33 bits per heavy atom. The summed E-state index contributed by atoms with van der Waals surface area (Å²) in [4.78, 5) is 12.4. The fraction of sp³-hybridized carbons (Fsp3) is 0.500. The van der Waals surface area contributed by atoms with Crippen molar-refractivity contribution in [3.63, 3.8) is 0 Å². The number of anilines is 1. The molecule has 0 N–H and O–H groups in total. The summed E-state index contributed by atoms with van der Waals surface area (Å²) >= 11 is 12.3. The highest BCUT2D eigenvalue weighted by Gasteiger charge is 2.24. The summed E-state index contributed by atoms with van der Waals surface area (Å²) in [6.07, 6.45) is 3.37. The van der Waals surface area contributed by atoms with Crippen molar-refractivity contribution < 1.29 is 4.92 Å². The van der Waals surface area contributed by atoms with Crippen LogP contribution in [0.2, 0.25) is 10.0 Å². The summed E-state index contributed by atoms with van der Waals surface area (Å²) in [7, 11) is 0. The fourth-order valence-electron chi connectivity index (χ4n) is 2.36. The molecule has 1 aromatic rings. The predicted octanol–water partition coefficient (Wildman–Crippen LogP) is 4.28. The number of hydrogen-bond acceptors (Lipinski definition) is 3. The number of nitro groups is 1. The molecule has 98 valence electrons. The first kappa shape index (κ1) is 13.4. The number of piperidine rings is 1. The third-order valence-electron chi connectivity index (χ3n) is 3.30. The molecule has 0 bridgehead atoms. The number of rotatable bonds is 2. The monoisotopic (exact) mass is 288 g/mol. The van der Waals surface area contributed by atoms with Gasteiger partial charge in [0, 0.05) is 24.7 Å². The maximum atomic E-state index is 10.7. The van der Waals surface area contributed by atoms with E-state index in [0.717, 1.165) is 25.1 Å². The first-order chi connectivity index (χ1) is 8.50. The lowest BCUT2D eigenvalue weighted by Gasteiger charge is -2.36. The van der Waals surface area contributed by atoms with Gasteiger partial charge in [0.05, 0.1) is 20.7 Å². The molecule has 0 aromatic heterocycles. The van der Waals surface area contributed by atoms with E-state index in [1.54, 1.807) is 0 Å². The van der Waals surface area contributed by atoms with Crippen molar-refractivity contribution >= 4 is 34.6 Å². The molecule has 1 fully saturated rings. The number of halogens is 2. The summed E-state index contributed by atoms with van der Waals surface area (Å²) < 4.78 is 0. The third kappa shape index (κ3) is 2.54. The number of non-ortho nitro benzene ring substituents is 1. The molecule has 1 atom stereocenters. The first-order valence-electron chi connectivity index (χ1n) is 5.91. The molecule has 0 spiro atoms. The van der Waals surface area contributed by atoms with Crippen LogP contribution in [-0.2, 0) is 0 Å². The van der Waals surface area contributed by atoms with E-state index in [4.69, 9.17) is 23.2 Å². The molecule has 0 aliphatic carbocycles. The van der Waals surface area contributed by atoms with Crippen LogP contribution < -0.4 is 4.90 Å². The van der Waals surface area contributed by atoms with Gasteiger partial charge in [-0.25, -0.2) is 0 Å². The normalized spacial score (nSPS) is 19.9. The summed E-state index contributed by atoms with van der Waals surface area (Å²) in [5, 5.41) is 11.4. The lowest BCUT2D eigenvalue weighted by molar-refractivity contribution is -0.384. The molecule has 6 heteroatoms. The molecule has 18 heavy (non-hydrogen) atoms. The second kappa shape index (κ2) is 5.33. The van der Waals surface area contributed by atoms with Crippen LogP contribution in [0, 0.1) is 10.1 Å². The number of nitrogens with zero attached hydrogens (tertiary/aromatic N) is 2. The van der Waals surface area contributed by atoms with E-state index in [1.807, 2.05) is 0 Å². The van der Waals surface area contributed by atoms with E-state index in [-0.39, 0.29) is 5.69 Å². The van der Waals surface area contributed by atoms with E-state index in [2.05, 4.69) is 11.8 Å². The zero-order valence-electron chi connectivity index (χ0n) is 10.0. The summed E-state index contributed by atoms with van der Waals surface area (Å²) in [5.74, 6) is 0. The standard InChI is InChI=1S/C12H14Cl2N2O2/c1-8-4-2-3-5-15(8)12-10(13)6-9(16(17)18)7-11(12)14/h6-8H,2-5H2,1H3/t8-/m0/s1.